The number of fused-ring (bicyclic) bond motifs is 1. The summed E-state index contributed by atoms with van der Waals surface area (Å²) in [7, 11) is -3.76. The van der Waals surface area contributed by atoms with Crippen LogP contribution in [0.4, 0.5) is 11.4 Å². The summed E-state index contributed by atoms with van der Waals surface area (Å²) in [4.78, 5) is 14.8. The van der Waals surface area contributed by atoms with Crippen LogP contribution in [0.3, 0.4) is 0 Å². The molecule has 1 aromatic heterocycles. The molecule has 156 valence electrons. The van der Waals surface area contributed by atoms with Crippen molar-refractivity contribution in [3.05, 3.63) is 76.7 Å². The maximum atomic E-state index is 13.0. The van der Waals surface area contributed by atoms with Gasteiger partial charge in [0, 0.05) is 12.2 Å². The Kier molecular flexibility index (Phi) is 5.15. The minimum Gasteiger partial charge on any atom is -0.459 e. The van der Waals surface area contributed by atoms with Gasteiger partial charge in [-0.3, -0.25) is 9.52 Å². The molecule has 1 N–H and O–H groups in total. The van der Waals surface area contributed by atoms with Crippen molar-refractivity contribution in [2.75, 3.05) is 16.2 Å². The molecule has 0 spiro atoms. The molecule has 30 heavy (non-hydrogen) atoms. The first-order chi connectivity index (χ1) is 14.3. The molecule has 0 atom stereocenters. The largest absolute Gasteiger partial charge is 0.459 e. The number of hydrogen-bond acceptors (Lipinski definition) is 4. The first-order valence-corrected chi connectivity index (χ1v) is 11.3. The van der Waals surface area contributed by atoms with Gasteiger partial charge in [0.05, 0.1) is 16.8 Å². The van der Waals surface area contributed by atoms with Crippen molar-refractivity contribution in [2.45, 2.75) is 38.5 Å². The van der Waals surface area contributed by atoms with Crippen LogP contribution >= 0.6 is 0 Å². The van der Waals surface area contributed by atoms with Crippen LogP contribution in [0.5, 0.6) is 0 Å². The zero-order chi connectivity index (χ0) is 21.5. The number of rotatable bonds is 4. The third-order valence-electron chi connectivity index (χ3n) is 5.51. The van der Waals surface area contributed by atoms with E-state index in [1.165, 1.54) is 6.26 Å². The van der Waals surface area contributed by atoms with Crippen molar-refractivity contribution in [1.82, 2.24) is 0 Å². The third-order valence-corrected chi connectivity index (χ3v) is 7.04. The van der Waals surface area contributed by atoms with Crippen LogP contribution in [0.1, 0.15) is 39.2 Å². The van der Waals surface area contributed by atoms with Gasteiger partial charge in [-0.25, -0.2) is 8.42 Å². The number of amides is 1. The van der Waals surface area contributed by atoms with Crippen LogP contribution in [0.15, 0.2) is 58.0 Å². The highest BCUT2D eigenvalue weighted by molar-refractivity contribution is 7.92. The van der Waals surface area contributed by atoms with E-state index < -0.39 is 10.0 Å². The second kappa shape index (κ2) is 7.65. The molecule has 0 saturated heterocycles. The molecule has 0 saturated carbocycles. The predicted octanol–water partition coefficient (Wildman–Crippen LogP) is 4.60. The molecule has 0 bridgehead atoms. The van der Waals surface area contributed by atoms with Gasteiger partial charge in [-0.1, -0.05) is 12.1 Å². The number of nitrogens with one attached hydrogen (secondary N) is 1. The van der Waals surface area contributed by atoms with E-state index in [9.17, 15) is 13.2 Å². The monoisotopic (exact) mass is 424 g/mol. The van der Waals surface area contributed by atoms with Crippen LogP contribution in [-0.2, 0) is 16.4 Å². The number of benzene rings is 2. The summed E-state index contributed by atoms with van der Waals surface area (Å²) in [6.45, 7) is 6.20. The first-order valence-electron chi connectivity index (χ1n) is 9.85. The summed E-state index contributed by atoms with van der Waals surface area (Å²) in [5.74, 6) is 0.0329. The lowest BCUT2D eigenvalue weighted by atomic mass is 10.0. The van der Waals surface area contributed by atoms with E-state index in [-0.39, 0.29) is 16.6 Å². The Hall–Kier alpha value is -3.06. The van der Waals surface area contributed by atoms with Gasteiger partial charge in [0.15, 0.2) is 5.76 Å². The molecule has 1 amide bonds. The van der Waals surface area contributed by atoms with Gasteiger partial charge in [-0.2, -0.15) is 0 Å². The van der Waals surface area contributed by atoms with Gasteiger partial charge < -0.3 is 9.32 Å². The number of aryl methyl sites for hydroxylation is 4. The highest BCUT2D eigenvalue weighted by Crippen LogP contribution is 2.32. The van der Waals surface area contributed by atoms with E-state index >= 15 is 0 Å². The molecule has 2 aromatic carbocycles. The Morgan fingerprint density at radius 2 is 1.80 bits per heavy atom. The zero-order valence-electron chi connectivity index (χ0n) is 17.2. The SMILES string of the molecule is Cc1cc(C)c(S(=O)(=O)Nc2ccc3c(c2)N(C(=O)c2ccco2)CCC3)cc1C. The molecule has 3 aromatic rings. The molecular formula is C23H24N2O4S. The number of hydrogen-bond donors (Lipinski definition) is 1. The summed E-state index contributed by atoms with van der Waals surface area (Å²) in [5.41, 5.74) is 4.80. The third kappa shape index (κ3) is 3.73. The highest BCUT2D eigenvalue weighted by atomic mass is 32.2. The zero-order valence-corrected chi connectivity index (χ0v) is 18.0. The molecule has 0 fully saturated rings. The Morgan fingerprint density at radius 3 is 2.53 bits per heavy atom. The number of carbonyl (C=O) groups excluding carboxylic acids is 1. The van der Waals surface area contributed by atoms with Crippen molar-refractivity contribution >= 4 is 27.3 Å². The molecule has 0 aliphatic carbocycles. The molecule has 0 radical (unpaired) electrons. The minimum atomic E-state index is -3.76. The van der Waals surface area contributed by atoms with Gasteiger partial charge in [0.2, 0.25) is 0 Å². The predicted molar refractivity (Wildman–Crippen MR) is 117 cm³/mol. The topological polar surface area (TPSA) is 79.6 Å². The summed E-state index contributed by atoms with van der Waals surface area (Å²) < 4.78 is 34.0. The molecule has 7 heteroatoms. The number of anilines is 2. The number of nitrogens with zero attached hydrogens (tertiary/aromatic N) is 1. The Labute approximate surface area is 176 Å². The molecule has 6 nitrogen and oxygen atoms in total. The van der Waals surface area contributed by atoms with Gasteiger partial charge in [-0.15, -0.1) is 0 Å². The van der Waals surface area contributed by atoms with Gasteiger partial charge in [0.1, 0.15) is 0 Å². The van der Waals surface area contributed by atoms with Gasteiger partial charge in [-0.05, 0) is 86.2 Å². The van der Waals surface area contributed by atoms with Crippen molar-refractivity contribution in [2.24, 2.45) is 0 Å². The van der Waals surface area contributed by atoms with E-state index in [1.54, 1.807) is 42.2 Å². The maximum absolute atomic E-state index is 13.0. The first kappa shape index (κ1) is 20.2. The van der Waals surface area contributed by atoms with Crippen molar-refractivity contribution in [3.8, 4) is 0 Å². The molecule has 4 rings (SSSR count). The minimum absolute atomic E-state index is 0.231. The van der Waals surface area contributed by atoms with E-state index in [2.05, 4.69) is 4.72 Å². The second-order valence-electron chi connectivity index (χ2n) is 7.69. The van der Waals surface area contributed by atoms with Crippen LogP contribution < -0.4 is 9.62 Å². The fourth-order valence-corrected chi connectivity index (χ4v) is 5.18. The molecule has 0 unspecified atom stereocenters. The van der Waals surface area contributed by atoms with Crippen LogP contribution in [0, 0.1) is 20.8 Å². The Balaban J connectivity index is 1.68. The normalized spacial score (nSPS) is 13.8. The fraction of sp³-hybridized carbons (Fsp3) is 0.261. The maximum Gasteiger partial charge on any atom is 0.293 e. The summed E-state index contributed by atoms with van der Waals surface area (Å²) >= 11 is 0. The van der Waals surface area contributed by atoms with Gasteiger partial charge in [0.25, 0.3) is 15.9 Å². The molecule has 1 aliphatic heterocycles. The average molecular weight is 425 g/mol. The quantitative estimate of drug-likeness (QED) is 0.664. The summed E-state index contributed by atoms with van der Waals surface area (Å²) in [6, 6.07) is 12.2. The summed E-state index contributed by atoms with van der Waals surface area (Å²) in [6.07, 6.45) is 3.14. The van der Waals surface area contributed by atoms with Crippen LogP contribution in [-0.4, -0.2) is 20.9 Å². The summed E-state index contributed by atoms with van der Waals surface area (Å²) in [5, 5.41) is 0. The van der Waals surface area contributed by atoms with E-state index in [1.807, 2.05) is 26.0 Å². The van der Waals surface area contributed by atoms with E-state index in [0.29, 0.717) is 23.5 Å². The Morgan fingerprint density at radius 1 is 1.03 bits per heavy atom. The second-order valence-corrected chi connectivity index (χ2v) is 9.34. The lowest BCUT2D eigenvalue weighted by Gasteiger charge is -2.29. The lowest BCUT2D eigenvalue weighted by Crippen LogP contribution is -2.35. The van der Waals surface area contributed by atoms with Crippen molar-refractivity contribution in [3.63, 3.8) is 0 Å². The number of carbonyl (C=O) groups is 1. The van der Waals surface area contributed by atoms with E-state index in [0.717, 1.165) is 29.5 Å². The average Bonchev–Trinajstić information content (AvgIpc) is 3.24. The lowest BCUT2D eigenvalue weighted by molar-refractivity contribution is 0.0958. The standard InChI is InChI=1S/C23H24N2O4S/c1-15-12-17(3)22(13-16(15)2)30(27,28)24-19-9-8-18-6-4-10-25(20(18)14-19)23(26)21-7-5-11-29-21/h5,7-9,11-14,24H,4,6,10H2,1-3H3. The number of furan rings is 1. The van der Waals surface area contributed by atoms with Crippen molar-refractivity contribution in [1.29, 1.82) is 0 Å². The van der Waals surface area contributed by atoms with Crippen LogP contribution in [0.2, 0.25) is 0 Å². The van der Waals surface area contributed by atoms with E-state index in [4.69, 9.17) is 4.42 Å². The molecular weight excluding hydrogens is 400 g/mol. The van der Waals surface area contributed by atoms with Gasteiger partial charge >= 0.3 is 0 Å². The highest BCUT2D eigenvalue weighted by Gasteiger charge is 2.26. The Bertz CT molecular complexity index is 1210. The smallest absolute Gasteiger partial charge is 0.293 e. The van der Waals surface area contributed by atoms with Crippen molar-refractivity contribution < 1.29 is 17.6 Å². The molecule has 2 heterocycles. The molecule has 1 aliphatic rings. The van der Waals surface area contributed by atoms with Crippen LogP contribution in [0.25, 0.3) is 0 Å². The fourth-order valence-electron chi connectivity index (χ4n) is 3.82. The number of sulfonamides is 1.